The molecular formula is C21H21ClFN3O4. The van der Waals surface area contributed by atoms with E-state index in [4.69, 9.17) is 25.8 Å². The number of ether oxygens (including phenoxy) is 3. The van der Waals surface area contributed by atoms with Crippen LogP contribution in [0.15, 0.2) is 24.3 Å². The van der Waals surface area contributed by atoms with Crippen molar-refractivity contribution in [1.82, 2.24) is 15.0 Å². The smallest absolute Gasteiger partial charge is 0.296 e. The lowest BCUT2D eigenvalue weighted by atomic mass is 10.0. The number of pyridine rings is 1. The Morgan fingerprint density at radius 3 is 2.90 bits per heavy atom. The van der Waals surface area contributed by atoms with Gasteiger partial charge in [-0.25, -0.2) is 9.37 Å². The van der Waals surface area contributed by atoms with Crippen molar-refractivity contribution in [2.24, 2.45) is 0 Å². The molecule has 9 heteroatoms. The summed E-state index contributed by atoms with van der Waals surface area (Å²) in [5.74, 6) is -0.223. The van der Waals surface area contributed by atoms with E-state index >= 15 is 0 Å². The van der Waals surface area contributed by atoms with Crippen LogP contribution in [0.25, 0.3) is 11.2 Å². The van der Waals surface area contributed by atoms with Gasteiger partial charge in [-0.3, -0.25) is 0 Å². The Kier molecular flexibility index (Phi) is 5.10. The van der Waals surface area contributed by atoms with Gasteiger partial charge in [0.15, 0.2) is 11.8 Å². The Labute approximate surface area is 177 Å². The predicted molar refractivity (Wildman–Crippen MR) is 107 cm³/mol. The van der Waals surface area contributed by atoms with Gasteiger partial charge in [-0.1, -0.05) is 23.7 Å². The normalized spacial score (nSPS) is 25.7. The zero-order valence-electron chi connectivity index (χ0n) is 16.3. The predicted octanol–water partition coefficient (Wildman–Crippen LogP) is 2.75. The molecule has 7 nitrogen and oxygen atoms in total. The van der Waals surface area contributed by atoms with Gasteiger partial charge >= 0.3 is 0 Å². The summed E-state index contributed by atoms with van der Waals surface area (Å²) in [5.41, 5.74) is 3.33. The Balaban J connectivity index is 1.33. The summed E-state index contributed by atoms with van der Waals surface area (Å²) in [6, 6.07) is 7.08. The van der Waals surface area contributed by atoms with Crippen molar-refractivity contribution in [3.63, 3.8) is 0 Å². The number of benzene rings is 1. The van der Waals surface area contributed by atoms with E-state index in [0.717, 1.165) is 5.56 Å². The summed E-state index contributed by atoms with van der Waals surface area (Å²) >= 11 is 6.40. The SMILES string of the molecule is Cc1cccc(F)c1CCc1nc2nc(O[C@@H]3CO[C@H]4[C@@H]3OC[C@H]4O)[nH]c2cc1Cl. The van der Waals surface area contributed by atoms with Crippen molar-refractivity contribution >= 4 is 22.8 Å². The first kappa shape index (κ1) is 19.7. The van der Waals surface area contributed by atoms with E-state index in [1.807, 2.05) is 13.0 Å². The van der Waals surface area contributed by atoms with Gasteiger partial charge in [0.25, 0.3) is 6.01 Å². The van der Waals surface area contributed by atoms with Crippen LogP contribution in [0.5, 0.6) is 6.01 Å². The fourth-order valence-electron chi connectivity index (χ4n) is 4.08. The van der Waals surface area contributed by atoms with Crippen LogP contribution in [0, 0.1) is 12.7 Å². The molecule has 2 aliphatic heterocycles. The third-order valence-electron chi connectivity index (χ3n) is 5.69. The molecule has 2 saturated heterocycles. The maximum atomic E-state index is 14.1. The van der Waals surface area contributed by atoms with E-state index in [1.165, 1.54) is 6.07 Å². The summed E-state index contributed by atoms with van der Waals surface area (Å²) in [6.45, 7) is 2.43. The lowest BCUT2D eigenvalue weighted by Crippen LogP contribution is -2.34. The Morgan fingerprint density at radius 2 is 2.07 bits per heavy atom. The number of aliphatic hydroxyl groups excluding tert-OH is 1. The van der Waals surface area contributed by atoms with Crippen LogP contribution in [-0.2, 0) is 22.3 Å². The van der Waals surface area contributed by atoms with Crippen molar-refractivity contribution in [1.29, 1.82) is 0 Å². The summed E-state index contributed by atoms with van der Waals surface area (Å²) in [4.78, 5) is 12.0. The molecule has 0 radical (unpaired) electrons. The molecule has 0 spiro atoms. The van der Waals surface area contributed by atoms with Gasteiger partial charge < -0.3 is 24.3 Å². The van der Waals surface area contributed by atoms with Crippen LogP contribution in [0.3, 0.4) is 0 Å². The molecule has 0 aliphatic carbocycles. The minimum atomic E-state index is -0.639. The lowest BCUT2D eigenvalue weighted by molar-refractivity contribution is 0.00706. The molecule has 0 saturated carbocycles. The quantitative estimate of drug-likeness (QED) is 0.643. The van der Waals surface area contributed by atoms with Crippen LogP contribution in [0.2, 0.25) is 5.02 Å². The monoisotopic (exact) mass is 433 g/mol. The number of aryl methyl sites for hydroxylation is 2. The van der Waals surface area contributed by atoms with Crippen molar-refractivity contribution in [3.8, 4) is 6.01 Å². The highest BCUT2D eigenvalue weighted by Gasteiger charge is 2.48. The van der Waals surface area contributed by atoms with Gasteiger partial charge in [0.1, 0.15) is 24.1 Å². The van der Waals surface area contributed by atoms with Gasteiger partial charge in [0.2, 0.25) is 0 Å². The van der Waals surface area contributed by atoms with Gasteiger partial charge in [0, 0.05) is 0 Å². The van der Waals surface area contributed by atoms with E-state index in [-0.39, 0.29) is 36.7 Å². The largest absolute Gasteiger partial charge is 0.456 e. The molecule has 2 fully saturated rings. The van der Waals surface area contributed by atoms with Crippen LogP contribution in [-0.4, -0.2) is 57.7 Å². The van der Waals surface area contributed by atoms with Crippen LogP contribution in [0.1, 0.15) is 16.8 Å². The van der Waals surface area contributed by atoms with Gasteiger partial charge in [-0.05, 0) is 43.0 Å². The molecule has 2 aliphatic rings. The highest BCUT2D eigenvalue weighted by Crippen LogP contribution is 2.30. The highest BCUT2D eigenvalue weighted by molar-refractivity contribution is 6.31. The molecular weight excluding hydrogens is 413 g/mol. The fourth-order valence-corrected chi connectivity index (χ4v) is 4.32. The molecule has 158 valence electrons. The molecule has 4 atom stereocenters. The molecule has 5 rings (SSSR count). The molecule has 4 heterocycles. The maximum Gasteiger partial charge on any atom is 0.296 e. The number of imidazole rings is 1. The first-order valence-corrected chi connectivity index (χ1v) is 10.2. The zero-order chi connectivity index (χ0) is 20.8. The van der Waals surface area contributed by atoms with Gasteiger partial charge in [-0.2, -0.15) is 4.98 Å². The molecule has 0 bridgehead atoms. The summed E-state index contributed by atoms with van der Waals surface area (Å²) in [6.07, 6.45) is -0.727. The summed E-state index contributed by atoms with van der Waals surface area (Å²) < 4.78 is 31.1. The standard InChI is InChI=1S/C21H21ClFN3O4/c1-10-3-2-4-13(23)11(10)5-6-14-12(22)7-15-20(24-14)26-21(25-15)30-17-9-29-18-16(27)8-28-19(17)18/h2-4,7,16-19,27H,5-6,8-9H2,1H3,(H,24,25,26)/t16-,17-,18-,19-/m1/s1. The van der Waals surface area contributed by atoms with E-state index in [0.29, 0.717) is 46.9 Å². The third-order valence-corrected chi connectivity index (χ3v) is 6.01. The van der Waals surface area contributed by atoms with Crippen LogP contribution >= 0.6 is 11.6 Å². The Bertz CT molecular complexity index is 1070. The van der Waals surface area contributed by atoms with Crippen molar-refractivity contribution in [2.75, 3.05) is 13.2 Å². The van der Waals surface area contributed by atoms with Gasteiger partial charge in [-0.15, -0.1) is 0 Å². The molecule has 1 aromatic carbocycles. The third kappa shape index (κ3) is 3.54. The second kappa shape index (κ2) is 7.77. The van der Waals surface area contributed by atoms with Crippen molar-refractivity contribution in [3.05, 3.63) is 51.9 Å². The second-order valence-electron chi connectivity index (χ2n) is 7.68. The summed E-state index contributed by atoms with van der Waals surface area (Å²) in [7, 11) is 0. The molecule has 0 unspecified atom stereocenters. The fraction of sp³-hybridized carbons (Fsp3) is 0.429. The summed E-state index contributed by atoms with van der Waals surface area (Å²) in [5, 5.41) is 10.3. The number of fused-ring (bicyclic) bond motifs is 2. The average Bonchev–Trinajstić information content (AvgIpc) is 3.39. The topological polar surface area (TPSA) is 89.5 Å². The molecule has 3 aromatic rings. The number of H-pyrrole nitrogens is 1. The van der Waals surface area contributed by atoms with Crippen molar-refractivity contribution in [2.45, 2.75) is 44.2 Å². The number of nitrogens with zero attached hydrogens (tertiary/aromatic N) is 2. The van der Waals surface area contributed by atoms with Crippen molar-refractivity contribution < 1.29 is 23.7 Å². The number of rotatable bonds is 5. The first-order chi connectivity index (χ1) is 14.5. The number of hydrogen-bond acceptors (Lipinski definition) is 6. The van der Waals surface area contributed by atoms with Crippen LogP contribution in [0.4, 0.5) is 4.39 Å². The number of halogens is 2. The zero-order valence-corrected chi connectivity index (χ0v) is 17.0. The molecule has 2 N–H and O–H groups in total. The molecule has 30 heavy (non-hydrogen) atoms. The minimum absolute atomic E-state index is 0.223. The molecule has 2 aromatic heterocycles. The minimum Gasteiger partial charge on any atom is -0.456 e. The second-order valence-corrected chi connectivity index (χ2v) is 8.09. The lowest BCUT2D eigenvalue weighted by Gasteiger charge is -2.15. The average molecular weight is 434 g/mol. The number of aliphatic hydroxyl groups is 1. The maximum absolute atomic E-state index is 14.1. The number of nitrogens with one attached hydrogen (secondary N) is 1. The highest BCUT2D eigenvalue weighted by atomic mass is 35.5. The van der Waals surface area contributed by atoms with Crippen LogP contribution < -0.4 is 4.74 Å². The van der Waals surface area contributed by atoms with E-state index in [9.17, 15) is 9.50 Å². The van der Waals surface area contributed by atoms with E-state index in [2.05, 4.69) is 15.0 Å². The number of hydrogen-bond donors (Lipinski definition) is 2. The Hall–Kier alpha value is -2.26. The first-order valence-electron chi connectivity index (χ1n) is 9.86. The van der Waals surface area contributed by atoms with E-state index < -0.39 is 6.10 Å². The number of aromatic nitrogens is 3. The van der Waals surface area contributed by atoms with Gasteiger partial charge in [0.05, 0.1) is 29.4 Å². The Morgan fingerprint density at radius 1 is 1.23 bits per heavy atom. The van der Waals surface area contributed by atoms with E-state index in [1.54, 1.807) is 12.1 Å². The number of aromatic amines is 1. The molecule has 0 amide bonds.